The van der Waals surface area contributed by atoms with Crippen LogP contribution in [0, 0.1) is 17.7 Å². The fraction of sp³-hybridized carbons (Fsp3) is 0.462. The Kier molecular flexibility index (Phi) is 7.09. The lowest BCUT2D eigenvalue weighted by Gasteiger charge is -2.41. The number of nitrogens with one attached hydrogen (secondary N) is 2. The molecule has 0 spiro atoms. The van der Waals surface area contributed by atoms with E-state index in [4.69, 9.17) is 0 Å². The number of nitrogens with zero attached hydrogens (tertiary/aromatic N) is 2. The molecule has 3 fully saturated rings. The number of amides is 2. The van der Waals surface area contributed by atoms with Crippen molar-refractivity contribution in [2.45, 2.75) is 43.0 Å². The number of piperazine rings is 1. The molecule has 0 radical (unpaired) electrons. The summed E-state index contributed by atoms with van der Waals surface area (Å²) < 4.78 is 41.8. The number of rotatable bonds is 5. The molecule has 36 heavy (non-hydrogen) atoms. The lowest BCUT2D eigenvalue weighted by Crippen LogP contribution is -2.60. The fourth-order valence-electron chi connectivity index (χ4n) is 5.69. The van der Waals surface area contributed by atoms with Crippen molar-refractivity contribution in [1.82, 2.24) is 20.1 Å². The van der Waals surface area contributed by atoms with Crippen LogP contribution in [-0.2, 0) is 21.2 Å². The van der Waals surface area contributed by atoms with E-state index in [2.05, 4.69) is 10.9 Å². The molecule has 8 nitrogen and oxygen atoms in total. The summed E-state index contributed by atoms with van der Waals surface area (Å²) in [5.41, 5.74) is 6.73. The molecule has 192 valence electrons. The van der Waals surface area contributed by atoms with Gasteiger partial charge in [0.15, 0.2) is 0 Å². The molecule has 2 aliphatic heterocycles. The minimum atomic E-state index is -3.64. The van der Waals surface area contributed by atoms with Gasteiger partial charge in [-0.05, 0) is 55.0 Å². The highest BCUT2D eigenvalue weighted by Gasteiger charge is 2.40. The van der Waals surface area contributed by atoms with E-state index >= 15 is 0 Å². The highest BCUT2D eigenvalue weighted by Crippen LogP contribution is 2.35. The quantitative estimate of drug-likeness (QED) is 0.638. The van der Waals surface area contributed by atoms with Gasteiger partial charge in [0.05, 0.1) is 10.5 Å². The van der Waals surface area contributed by atoms with Crippen LogP contribution in [0.3, 0.4) is 0 Å². The summed E-state index contributed by atoms with van der Waals surface area (Å²) in [6, 6.07) is 12.8. The Morgan fingerprint density at radius 2 is 1.72 bits per heavy atom. The maximum absolute atomic E-state index is 14.7. The van der Waals surface area contributed by atoms with Crippen molar-refractivity contribution in [3.8, 4) is 0 Å². The SMILES string of the molecule is O=C1NNC(Cc2ccc(F)c(C(=O)N3CCN(S(=O)(=O)c4ccccc4)CC3)c2)C2CCCCC12. The van der Waals surface area contributed by atoms with Gasteiger partial charge in [-0.2, -0.15) is 4.31 Å². The lowest BCUT2D eigenvalue weighted by molar-refractivity contribution is -0.133. The van der Waals surface area contributed by atoms with Crippen LogP contribution in [0.15, 0.2) is 53.4 Å². The van der Waals surface area contributed by atoms with E-state index in [0.717, 1.165) is 31.2 Å². The van der Waals surface area contributed by atoms with Crippen LogP contribution in [0.4, 0.5) is 4.39 Å². The van der Waals surface area contributed by atoms with E-state index in [-0.39, 0.29) is 60.4 Å². The van der Waals surface area contributed by atoms with Crippen LogP contribution in [-0.4, -0.2) is 61.7 Å². The Morgan fingerprint density at radius 1 is 1.00 bits per heavy atom. The van der Waals surface area contributed by atoms with Crippen molar-refractivity contribution in [2.24, 2.45) is 11.8 Å². The van der Waals surface area contributed by atoms with Gasteiger partial charge in [0.1, 0.15) is 5.82 Å². The Labute approximate surface area is 210 Å². The topological polar surface area (TPSA) is 98.8 Å². The first-order chi connectivity index (χ1) is 17.3. The van der Waals surface area contributed by atoms with Crippen molar-refractivity contribution in [3.05, 3.63) is 65.5 Å². The van der Waals surface area contributed by atoms with Crippen LogP contribution < -0.4 is 10.9 Å². The van der Waals surface area contributed by atoms with Crippen molar-refractivity contribution >= 4 is 21.8 Å². The molecule has 1 aliphatic carbocycles. The van der Waals surface area contributed by atoms with Crippen LogP contribution in [0.2, 0.25) is 0 Å². The molecular formula is C26H31FN4O4S. The number of carbonyl (C=O) groups is 2. The number of sulfonamides is 1. The summed E-state index contributed by atoms with van der Waals surface area (Å²) >= 11 is 0. The van der Waals surface area contributed by atoms with Crippen molar-refractivity contribution < 1.29 is 22.4 Å². The maximum atomic E-state index is 14.7. The number of benzene rings is 2. The van der Waals surface area contributed by atoms with Gasteiger partial charge in [0.25, 0.3) is 5.91 Å². The van der Waals surface area contributed by atoms with Gasteiger partial charge >= 0.3 is 0 Å². The van der Waals surface area contributed by atoms with Gasteiger partial charge in [-0.3, -0.25) is 15.0 Å². The number of fused-ring (bicyclic) bond motifs is 1. The highest BCUT2D eigenvalue weighted by atomic mass is 32.2. The van der Waals surface area contributed by atoms with Crippen LogP contribution in [0.1, 0.15) is 41.6 Å². The largest absolute Gasteiger partial charge is 0.336 e. The monoisotopic (exact) mass is 514 g/mol. The molecule has 2 aromatic rings. The molecule has 1 saturated carbocycles. The molecule has 5 rings (SSSR count). The number of hydrazine groups is 1. The second-order valence-corrected chi connectivity index (χ2v) is 11.8. The van der Waals surface area contributed by atoms with Crippen molar-refractivity contribution in [2.75, 3.05) is 26.2 Å². The summed E-state index contributed by atoms with van der Waals surface area (Å²) in [6.45, 7) is 0.682. The minimum Gasteiger partial charge on any atom is -0.336 e. The molecule has 2 saturated heterocycles. The number of carbonyl (C=O) groups excluding carboxylic acids is 2. The van der Waals surface area contributed by atoms with Crippen molar-refractivity contribution in [3.63, 3.8) is 0 Å². The van der Waals surface area contributed by atoms with E-state index in [1.165, 1.54) is 15.3 Å². The molecule has 2 N–H and O–H groups in total. The highest BCUT2D eigenvalue weighted by molar-refractivity contribution is 7.89. The molecule has 2 heterocycles. The Balaban J connectivity index is 1.26. The molecule has 0 aromatic heterocycles. The number of hydrogen-bond donors (Lipinski definition) is 2. The Hall–Kier alpha value is -2.82. The lowest BCUT2D eigenvalue weighted by atomic mass is 9.72. The first kappa shape index (κ1) is 24.9. The van der Waals surface area contributed by atoms with E-state index in [9.17, 15) is 22.4 Å². The summed E-state index contributed by atoms with van der Waals surface area (Å²) in [5.74, 6) is -0.777. The molecule has 3 aliphatic rings. The van der Waals surface area contributed by atoms with E-state index in [1.54, 1.807) is 42.5 Å². The van der Waals surface area contributed by atoms with E-state index < -0.39 is 21.7 Å². The average Bonchev–Trinajstić information content (AvgIpc) is 2.91. The van der Waals surface area contributed by atoms with Gasteiger partial charge in [0.2, 0.25) is 15.9 Å². The zero-order valence-electron chi connectivity index (χ0n) is 20.0. The molecule has 0 bridgehead atoms. The summed E-state index contributed by atoms with van der Waals surface area (Å²) in [7, 11) is -3.64. The Bertz CT molecular complexity index is 1230. The van der Waals surface area contributed by atoms with Gasteiger partial charge in [0, 0.05) is 38.1 Å². The zero-order valence-corrected chi connectivity index (χ0v) is 20.8. The minimum absolute atomic E-state index is 0.00462. The standard InChI is InChI=1S/C26H31FN4O4S/c27-23-11-10-18(17-24-20-8-4-5-9-21(20)25(32)29-28-24)16-22(23)26(33)30-12-14-31(15-13-30)36(34,35)19-6-2-1-3-7-19/h1-3,6-7,10-11,16,20-21,24,28H,4-5,8-9,12-15,17H2,(H,29,32). The predicted molar refractivity (Wildman–Crippen MR) is 132 cm³/mol. The molecule has 2 amide bonds. The van der Waals surface area contributed by atoms with E-state index in [0.29, 0.717) is 6.42 Å². The number of hydrogen-bond acceptors (Lipinski definition) is 5. The maximum Gasteiger partial charge on any atom is 0.256 e. The molecule has 3 atom stereocenters. The fourth-order valence-corrected chi connectivity index (χ4v) is 7.14. The smallest absolute Gasteiger partial charge is 0.256 e. The third kappa shape index (κ3) is 4.89. The number of halogens is 1. The van der Waals surface area contributed by atoms with Gasteiger partial charge in [-0.15, -0.1) is 0 Å². The van der Waals surface area contributed by atoms with Gasteiger partial charge in [-0.25, -0.2) is 18.2 Å². The molecule has 3 unspecified atom stereocenters. The first-order valence-electron chi connectivity index (χ1n) is 12.5. The Morgan fingerprint density at radius 3 is 2.47 bits per heavy atom. The zero-order chi connectivity index (χ0) is 25.3. The van der Waals surface area contributed by atoms with E-state index in [1.807, 2.05) is 0 Å². The third-order valence-electron chi connectivity index (χ3n) is 7.68. The van der Waals surface area contributed by atoms with Gasteiger partial charge in [-0.1, -0.05) is 37.1 Å². The van der Waals surface area contributed by atoms with Crippen LogP contribution in [0.5, 0.6) is 0 Å². The molecule has 10 heteroatoms. The summed E-state index contributed by atoms with van der Waals surface area (Å²) in [5, 5.41) is 0. The summed E-state index contributed by atoms with van der Waals surface area (Å²) in [4.78, 5) is 27.2. The third-order valence-corrected chi connectivity index (χ3v) is 9.59. The molecule has 2 aromatic carbocycles. The predicted octanol–water partition coefficient (Wildman–Crippen LogP) is 2.32. The first-order valence-corrected chi connectivity index (χ1v) is 14.0. The normalized spacial score (nSPS) is 25.2. The van der Waals surface area contributed by atoms with Crippen LogP contribution in [0.25, 0.3) is 0 Å². The van der Waals surface area contributed by atoms with Gasteiger partial charge < -0.3 is 4.90 Å². The van der Waals surface area contributed by atoms with Crippen LogP contribution >= 0.6 is 0 Å². The second-order valence-electron chi connectivity index (χ2n) is 9.82. The molecular weight excluding hydrogens is 483 g/mol. The second kappa shape index (κ2) is 10.3. The summed E-state index contributed by atoms with van der Waals surface area (Å²) in [6.07, 6.45) is 4.57. The average molecular weight is 515 g/mol. The van der Waals surface area contributed by atoms with Crippen molar-refractivity contribution in [1.29, 1.82) is 0 Å².